The Labute approximate surface area is 282 Å². The normalized spacial score (nSPS) is 22.1. The van der Waals surface area contributed by atoms with Crippen molar-refractivity contribution in [1.29, 1.82) is 0 Å². The van der Waals surface area contributed by atoms with Gasteiger partial charge in [0.1, 0.15) is 16.5 Å². The van der Waals surface area contributed by atoms with E-state index in [2.05, 4.69) is 48.4 Å². The average molecular weight is 660 g/mol. The summed E-state index contributed by atoms with van der Waals surface area (Å²) in [5.41, 5.74) is 4.45. The molecule has 2 aliphatic carbocycles. The van der Waals surface area contributed by atoms with Gasteiger partial charge in [0.2, 0.25) is 11.8 Å². The number of nitrogens with one attached hydrogen (secondary N) is 2. The highest BCUT2D eigenvalue weighted by Crippen LogP contribution is 2.37. The summed E-state index contributed by atoms with van der Waals surface area (Å²) < 4.78 is 11.9. The first-order chi connectivity index (χ1) is 22.8. The molecule has 1 saturated heterocycles. The van der Waals surface area contributed by atoms with Crippen molar-refractivity contribution in [1.82, 2.24) is 30.0 Å². The Morgan fingerprint density at radius 1 is 1.02 bits per heavy atom. The lowest BCUT2D eigenvalue weighted by Gasteiger charge is -2.42. The van der Waals surface area contributed by atoms with Crippen LogP contribution in [0, 0.1) is 12.8 Å². The Kier molecular flexibility index (Phi) is 9.54. The lowest BCUT2D eigenvalue weighted by Crippen LogP contribution is -2.52. The Morgan fingerprint density at radius 3 is 2.55 bits per heavy atom. The van der Waals surface area contributed by atoms with Gasteiger partial charge in [0.15, 0.2) is 0 Å². The zero-order valence-corrected chi connectivity index (χ0v) is 28.5. The third-order valence-electron chi connectivity index (χ3n) is 10.2. The van der Waals surface area contributed by atoms with E-state index < -0.39 is 0 Å². The summed E-state index contributed by atoms with van der Waals surface area (Å²) in [7, 11) is 3.67. The number of halogens is 1. The van der Waals surface area contributed by atoms with Crippen LogP contribution in [0.5, 0.6) is 17.4 Å². The number of fused-ring (bicyclic) bond motifs is 1. The van der Waals surface area contributed by atoms with E-state index in [0.717, 1.165) is 61.6 Å². The second kappa shape index (κ2) is 14.0. The third kappa shape index (κ3) is 7.51. The molecular weight excluding hydrogens is 614 g/mol. The Hall–Kier alpha value is -3.44. The first kappa shape index (κ1) is 32.1. The molecule has 2 saturated carbocycles. The third-order valence-corrected chi connectivity index (χ3v) is 10.5. The number of ether oxygens (including phenoxy) is 2. The monoisotopic (exact) mass is 659 g/mol. The van der Waals surface area contributed by atoms with Gasteiger partial charge in [-0.2, -0.15) is 4.98 Å². The number of aryl methyl sites for hydroxylation is 1. The maximum absolute atomic E-state index is 13.5. The number of rotatable bonds is 10. The second-order valence-corrected chi connectivity index (χ2v) is 14.2. The van der Waals surface area contributed by atoms with Crippen LogP contribution < -0.4 is 20.1 Å². The Balaban J connectivity index is 0.963. The number of amides is 1. The van der Waals surface area contributed by atoms with Crippen LogP contribution in [0.2, 0.25) is 5.02 Å². The molecule has 10 nitrogen and oxygen atoms in total. The first-order valence-corrected chi connectivity index (χ1v) is 17.4. The number of methoxy groups -OCH3 is 1. The number of piperazine rings is 1. The van der Waals surface area contributed by atoms with Crippen LogP contribution in [0.25, 0.3) is 0 Å². The van der Waals surface area contributed by atoms with Crippen molar-refractivity contribution in [2.24, 2.45) is 5.92 Å². The van der Waals surface area contributed by atoms with E-state index in [9.17, 15) is 4.79 Å². The van der Waals surface area contributed by atoms with Crippen LogP contribution in [0.1, 0.15) is 65.6 Å². The summed E-state index contributed by atoms with van der Waals surface area (Å²) >= 11 is 6.46. The molecule has 3 aromatic rings. The van der Waals surface area contributed by atoms with Crippen molar-refractivity contribution < 1.29 is 14.3 Å². The first-order valence-electron chi connectivity index (χ1n) is 17.1. The van der Waals surface area contributed by atoms with Crippen LogP contribution in [-0.2, 0) is 13.1 Å². The minimum Gasteiger partial charge on any atom is -0.495 e. The number of hydrogen-bond acceptors (Lipinski definition) is 9. The van der Waals surface area contributed by atoms with Crippen molar-refractivity contribution in [3.8, 4) is 17.4 Å². The number of aromatic nitrogens is 2. The molecule has 2 aliphatic heterocycles. The van der Waals surface area contributed by atoms with Gasteiger partial charge in [0.05, 0.1) is 19.0 Å². The molecule has 7 rings (SSSR count). The number of benzene rings is 2. The molecule has 0 unspecified atom stereocenters. The minimum absolute atomic E-state index is 0.0658. The molecule has 4 aliphatic rings. The van der Waals surface area contributed by atoms with Crippen LogP contribution in [-0.4, -0.2) is 89.5 Å². The van der Waals surface area contributed by atoms with Gasteiger partial charge < -0.3 is 25.0 Å². The summed E-state index contributed by atoms with van der Waals surface area (Å²) in [5, 5.41) is 6.87. The van der Waals surface area contributed by atoms with Crippen molar-refractivity contribution >= 4 is 29.1 Å². The Bertz CT molecular complexity index is 1600. The molecule has 11 heteroatoms. The molecule has 0 bridgehead atoms. The van der Waals surface area contributed by atoms with Crippen LogP contribution in [0.15, 0.2) is 36.5 Å². The molecule has 250 valence electrons. The quantitative estimate of drug-likeness (QED) is 0.272. The molecule has 1 aromatic heterocycles. The largest absolute Gasteiger partial charge is 0.495 e. The van der Waals surface area contributed by atoms with Gasteiger partial charge >= 0.3 is 0 Å². The zero-order chi connectivity index (χ0) is 32.5. The molecule has 3 heterocycles. The van der Waals surface area contributed by atoms with E-state index in [-0.39, 0.29) is 17.8 Å². The minimum atomic E-state index is -0.0658. The van der Waals surface area contributed by atoms with E-state index in [0.29, 0.717) is 34.0 Å². The molecule has 47 heavy (non-hydrogen) atoms. The van der Waals surface area contributed by atoms with E-state index in [1.807, 2.05) is 25.1 Å². The number of hydrogen-bond donors (Lipinski definition) is 2. The fourth-order valence-electron chi connectivity index (χ4n) is 7.38. The predicted molar refractivity (Wildman–Crippen MR) is 184 cm³/mol. The van der Waals surface area contributed by atoms with Crippen molar-refractivity contribution in [3.05, 3.63) is 63.8 Å². The zero-order valence-electron chi connectivity index (χ0n) is 27.7. The van der Waals surface area contributed by atoms with E-state index >= 15 is 0 Å². The van der Waals surface area contributed by atoms with Crippen LogP contribution in [0.4, 0.5) is 11.6 Å². The summed E-state index contributed by atoms with van der Waals surface area (Å²) in [4.78, 5) is 30.0. The Morgan fingerprint density at radius 2 is 1.81 bits per heavy atom. The number of anilines is 2. The summed E-state index contributed by atoms with van der Waals surface area (Å²) in [6, 6.07) is 10.5. The lowest BCUT2D eigenvalue weighted by molar-refractivity contribution is 0.0694. The predicted octanol–water partition coefficient (Wildman–Crippen LogP) is 6.00. The van der Waals surface area contributed by atoms with Crippen molar-refractivity contribution in [2.45, 2.75) is 70.6 Å². The molecule has 0 atom stereocenters. The van der Waals surface area contributed by atoms with Gasteiger partial charge in [-0.3, -0.25) is 14.6 Å². The molecule has 0 spiro atoms. The molecule has 1 amide bonds. The standard InChI is InChI=1S/C36H46ClN7O3/c1-23-17-31(40-36-38-19-30(37)35(41-36)47-32-6-4-5-25-21-42(2)22-29(25)32)33(46-3)18-28(23)34(45)39-26-9-11-27(12-10-26)44-15-13-43(14-16-44)20-24-7-8-24/h4-6,17-19,24,26-27H,7-16,20-22H2,1-3H3,(H,39,45)(H,38,40,41). The highest BCUT2D eigenvalue weighted by atomic mass is 35.5. The maximum Gasteiger partial charge on any atom is 0.251 e. The number of nitrogens with zero attached hydrogens (tertiary/aromatic N) is 5. The highest BCUT2D eigenvalue weighted by molar-refractivity contribution is 6.31. The number of carbonyl (C=O) groups is 1. The lowest BCUT2D eigenvalue weighted by atomic mass is 9.89. The molecule has 2 N–H and O–H groups in total. The molecule has 2 aromatic carbocycles. The van der Waals surface area contributed by atoms with Gasteiger partial charge in [-0.15, -0.1) is 0 Å². The average Bonchev–Trinajstić information content (AvgIpc) is 3.80. The van der Waals surface area contributed by atoms with Gasteiger partial charge in [0.25, 0.3) is 5.91 Å². The second-order valence-electron chi connectivity index (χ2n) is 13.8. The maximum atomic E-state index is 13.5. The molecular formula is C36H46ClN7O3. The van der Waals surface area contributed by atoms with Crippen molar-refractivity contribution in [3.63, 3.8) is 0 Å². The number of carbonyl (C=O) groups excluding carboxylic acids is 1. The van der Waals surface area contributed by atoms with Crippen LogP contribution >= 0.6 is 11.6 Å². The van der Waals surface area contributed by atoms with Gasteiger partial charge in [-0.25, -0.2) is 4.98 Å². The fourth-order valence-corrected chi connectivity index (χ4v) is 7.51. The molecule has 0 radical (unpaired) electrons. The summed E-state index contributed by atoms with van der Waals surface area (Å²) in [6.07, 6.45) is 8.66. The smallest absolute Gasteiger partial charge is 0.251 e. The topological polar surface area (TPSA) is 95.1 Å². The summed E-state index contributed by atoms with van der Waals surface area (Å²) in [5.74, 6) is 2.73. The van der Waals surface area contributed by atoms with Gasteiger partial charge in [-0.05, 0) is 87.7 Å². The van der Waals surface area contributed by atoms with Gasteiger partial charge in [0, 0.05) is 69.0 Å². The SMILES string of the molecule is COc1cc(C(=O)NC2CCC(N3CCN(CC4CC4)CC3)CC2)c(C)cc1Nc1ncc(Cl)c(Oc2cccc3c2CN(C)C3)n1. The molecule has 3 fully saturated rings. The van der Waals surface area contributed by atoms with E-state index in [1.54, 1.807) is 13.2 Å². The van der Waals surface area contributed by atoms with E-state index in [1.165, 1.54) is 57.3 Å². The fraction of sp³-hybridized carbons (Fsp3) is 0.528. The van der Waals surface area contributed by atoms with Gasteiger partial charge in [-0.1, -0.05) is 23.7 Å². The highest BCUT2D eigenvalue weighted by Gasteiger charge is 2.31. The summed E-state index contributed by atoms with van der Waals surface area (Å²) in [6.45, 7) is 9.66. The van der Waals surface area contributed by atoms with Crippen LogP contribution in [0.3, 0.4) is 0 Å². The van der Waals surface area contributed by atoms with Crippen molar-refractivity contribution in [2.75, 3.05) is 52.2 Å². The van der Waals surface area contributed by atoms with E-state index in [4.69, 9.17) is 21.1 Å².